The fourth-order valence-electron chi connectivity index (χ4n) is 3.31. The van der Waals surface area contributed by atoms with Crippen LogP contribution in [0, 0.1) is 0 Å². The maximum absolute atomic E-state index is 12.3. The lowest BCUT2D eigenvalue weighted by molar-refractivity contribution is 0.355. The van der Waals surface area contributed by atoms with Crippen LogP contribution < -0.4 is 9.47 Å². The van der Waals surface area contributed by atoms with E-state index in [9.17, 15) is 8.42 Å². The lowest BCUT2D eigenvalue weighted by atomic mass is 9.93. The van der Waals surface area contributed by atoms with Crippen molar-refractivity contribution >= 4 is 15.4 Å². The molecule has 4 nitrogen and oxygen atoms in total. The zero-order valence-electron chi connectivity index (χ0n) is 12.3. The number of rotatable bonds is 3. The van der Waals surface area contributed by atoms with Crippen LogP contribution in [-0.4, -0.2) is 33.1 Å². The fourth-order valence-corrected chi connectivity index (χ4v) is 5.56. The number of benzene rings is 1. The van der Waals surface area contributed by atoms with Gasteiger partial charge in [0.05, 0.1) is 24.7 Å². The van der Waals surface area contributed by atoms with Crippen LogP contribution in [0.25, 0.3) is 5.57 Å². The van der Waals surface area contributed by atoms with Crippen molar-refractivity contribution in [3.05, 3.63) is 29.8 Å². The molecule has 0 radical (unpaired) electrons. The third-order valence-electron chi connectivity index (χ3n) is 4.49. The van der Waals surface area contributed by atoms with Crippen LogP contribution in [0.1, 0.15) is 31.2 Å². The highest BCUT2D eigenvalue weighted by molar-refractivity contribution is 7.93. The predicted octanol–water partition coefficient (Wildman–Crippen LogP) is 2.83. The fraction of sp³-hybridized carbons (Fsp3) is 0.500. The summed E-state index contributed by atoms with van der Waals surface area (Å²) in [5, 5.41) is -0.530. The second-order valence-electron chi connectivity index (χ2n) is 5.65. The molecule has 2 unspecified atom stereocenters. The van der Waals surface area contributed by atoms with Crippen molar-refractivity contribution in [2.24, 2.45) is 0 Å². The van der Waals surface area contributed by atoms with E-state index >= 15 is 0 Å². The molecule has 1 aromatic carbocycles. The Kier molecular flexibility index (Phi) is 3.69. The van der Waals surface area contributed by atoms with Crippen LogP contribution in [0.5, 0.6) is 11.5 Å². The first-order valence-electron chi connectivity index (χ1n) is 7.22. The highest BCUT2D eigenvalue weighted by Gasteiger charge is 2.40. The third kappa shape index (κ3) is 2.44. The number of methoxy groups -OCH3 is 2. The molecule has 5 heteroatoms. The maximum Gasteiger partial charge on any atom is 0.161 e. The smallest absolute Gasteiger partial charge is 0.161 e. The number of hydrogen-bond donors (Lipinski definition) is 0. The summed E-state index contributed by atoms with van der Waals surface area (Å²) >= 11 is 0. The van der Waals surface area contributed by atoms with Gasteiger partial charge in [0, 0.05) is 0 Å². The van der Waals surface area contributed by atoms with Gasteiger partial charge in [0.15, 0.2) is 21.3 Å². The van der Waals surface area contributed by atoms with E-state index in [1.165, 1.54) is 0 Å². The minimum absolute atomic E-state index is 0.218. The highest BCUT2D eigenvalue weighted by Crippen LogP contribution is 2.40. The Labute approximate surface area is 125 Å². The lowest BCUT2D eigenvalue weighted by Gasteiger charge is -2.33. The average Bonchev–Trinajstić information content (AvgIpc) is 2.45. The average molecular weight is 308 g/mol. The van der Waals surface area contributed by atoms with Gasteiger partial charge in [-0.1, -0.05) is 18.6 Å². The van der Waals surface area contributed by atoms with Crippen molar-refractivity contribution in [2.75, 3.05) is 14.2 Å². The molecule has 2 aliphatic heterocycles. The monoisotopic (exact) mass is 308 g/mol. The lowest BCUT2D eigenvalue weighted by Crippen LogP contribution is -2.38. The van der Waals surface area contributed by atoms with E-state index < -0.39 is 9.84 Å². The minimum atomic E-state index is -2.97. The molecule has 2 aliphatic rings. The van der Waals surface area contributed by atoms with Crippen molar-refractivity contribution in [1.82, 2.24) is 0 Å². The van der Waals surface area contributed by atoms with Gasteiger partial charge in [-0.05, 0) is 42.5 Å². The third-order valence-corrected chi connectivity index (χ3v) is 7.04. The molecule has 0 aliphatic carbocycles. The Morgan fingerprint density at radius 1 is 1.10 bits per heavy atom. The standard InChI is InChI=1S/C16H20O4S/c1-19-15-7-6-11(10-16(15)20-2)12-8-13-4-3-5-14(9-12)21(13,17)18/h6-8,10,13-14H,3-5,9H2,1-2H3. The van der Waals surface area contributed by atoms with E-state index in [-0.39, 0.29) is 10.5 Å². The summed E-state index contributed by atoms with van der Waals surface area (Å²) in [4.78, 5) is 0. The summed E-state index contributed by atoms with van der Waals surface area (Å²) in [5.74, 6) is 1.36. The molecule has 1 aromatic rings. The number of sulfone groups is 1. The van der Waals surface area contributed by atoms with E-state index in [2.05, 4.69) is 0 Å². The summed E-state index contributed by atoms with van der Waals surface area (Å²) in [6.07, 6.45) is 5.07. The number of hydrogen-bond acceptors (Lipinski definition) is 4. The van der Waals surface area contributed by atoms with E-state index in [1.807, 2.05) is 24.3 Å². The van der Waals surface area contributed by atoms with Gasteiger partial charge in [0.1, 0.15) is 0 Å². The molecule has 1 fully saturated rings. The van der Waals surface area contributed by atoms with Crippen molar-refractivity contribution in [1.29, 1.82) is 0 Å². The van der Waals surface area contributed by atoms with Gasteiger partial charge in [-0.25, -0.2) is 8.42 Å². The Morgan fingerprint density at radius 3 is 2.52 bits per heavy atom. The Hall–Kier alpha value is -1.49. The first-order valence-corrected chi connectivity index (χ1v) is 8.83. The molecule has 2 atom stereocenters. The summed E-state index contributed by atoms with van der Waals surface area (Å²) in [7, 11) is 0.245. The zero-order chi connectivity index (χ0) is 15.0. The molecule has 0 aromatic heterocycles. The second-order valence-corrected chi connectivity index (χ2v) is 8.10. The Balaban J connectivity index is 2.00. The van der Waals surface area contributed by atoms with Crippen molar-refractivity contribution in [3.63, 3.8) is 0 Å². The summed E-state index contributed by atoms with van der Waals surface area (Å²) in [5.41, 5.74) is 2.14. The normalized spacial score (nSPS) is 26.9. The van der Waals surface area contributed by atoms with Crippen molar-refractivity contribution < 1.29 is 17.9 Å². The van der Waals surface area contributed by atoms with Crippen LogP contribution in [-0.2, 0) is 9.84 Å². The SMILES string of the molecule is COc1ccc(C2=CC3CCCC(C2)S3(=O)=O)cc1OC. The largest absolute Gasteiger partial charge is 0.493 e. The molecule has 0 spiro atoms. The van der Waals surface area contributed by atoms with E-state index in [0.29, 0.717) is 17.9 Å². The Bertz CT molecular complexity index is 676. The van der Waals surface area contributed by atoms with Crippen LogP contribution in [0.3, 0.4) is 0 Å². The maximum atomic E-state index is 12.3. The van der Waals surface area contributed by atoms with E-state index in [4.69, 9.17) is 9.47 Å². The minimum Gasteiger partial charge on any atom is -0.493 e. The molecular formula is C16H20O4S. The molecular weight excluding hydrogens is 288 g/mol. The summed E-state index contributed by atoms with van der Waals surface area (Å²) < 4.78 is 35.2. The summed E-state index contributed by atoms with van der Waals surface area (Å²) in [6.45, 7) is 0. The molecule has 2 heterocycles. The van der Waals surface area contributed by atoms with Crippen LogP contribution in [0.4, 0.5) is 0 Å². The molecule has 2 bridgehead atoms. The van der Waals surface area contributed by atoms with Gasteiger partial charge in [-0.15, -0.1) is 0 Å². The van der Waals surface area contributed by atoms with Gasteiger partial charge in [0.2, 0.25) is 0 Å². The van der Waals surface area contributed by atoms with Crippen LogP contribution >= 0.6 is 0 Å². The molecule has 0 saturated carbocycles. The van der Waals surface area contributed by atoms with Gasteiger partial charge in [0.25, 0.3) is 0 Å². The van der Waals surface area contributed by atoms with Crippen LogP contribution in [0.2, 0.25) is 0 Å². The molecule has 0 amide bonds. The molecule has 3 rings (SSSR count). The topological polar surface area (TPSA) is 52.6 Å². The van der Waals surface area contributed by atoms with E-state index in [0.717, 1.165) is 30.4 Å². The first-order chi connectivity index (χ1) is 10.1. The zero-order valence-corrected chi connectivity index (χ0v) is 13.2. The quantitative estimate of drug-likeness (QED) is 0.861. The van der Waals surface area contributed by atoms with Crippen LogP contribution in [0.15, 0.2) is 24.3 Å². The molecule has 0 N–H and O–H groups in total. The second kappa shape index (κ2) is 5.37. The highest BCUT2D eigenvalue weighted by atomic mass is 32.2. The summed E-state index contributed by atoms with van der Waals surface area (Å²) in [6, 6.07) is 5.77. The van der Waals surface area contributed by atoms with Gasteiger partial charge in [-0.2, -0.15) is 0 Å². The van der Waals surface area contributed by atoms with Gasteiger partial charge >= 0.3 is 0 Å². The predicted molar refractivity (Wildman–Crippen MR) is 82.5 cm³/mol. The number of ether oxygens (including phenoxy) is 2. The van der Waals surface area contributed by atoms with Gasteiger partial charge in [-0.3, -0.25) is 0 Å². The Morgan fingerprint density at radius 2 is 1.86 bits per heavy atom. The van der Waals surface area contributed by atoms with Crippen molar-refractivity contribution in [2.45, 2.75) is 36.2 Å². The number of allylic oxidation sites excluding steroid dienone is 1. The molecule has 114 valence electrons. The first kappa shape index (κ1) is 14.4. The van der Waals surface area contributed by atoms with Gasteiger partial charge < -0.3 is 9.47 Å². The number of fused-ring (bicyclic) bond motifs is 2. The van der Waals surface area contributed by atoms with E-state index in [1.54, 1.807) is 14.2 Å². The molecule has 21 heavy (non-hydrogen) atoms. The van der Waals surface area contributed by atoms with Crippen molar-refractivity contribution in [3.8, 4) is 11.5 Å². The molecule has 1 saturated heterocycles.